The van der Waals surface area contributed by atoms with Crippen molar-refractivity contribution in [1.29, 1.82) is 0 Å². The minimum Gasteiger partial charge on any atom is -0.383 e. The van der Waals surface area contributed by atoms with Crippen LogP contribution in [-0.4, -0.2) is 38.1 Å². The molecule has 0 aliphatic heterocycles. The maximum atomic E-state index is 10.8. The molecule has 4 nitrogen and oxygen atoms in total. The minimum atomic E-state index is -0.406. The molecule has 0 spiro atoms. The number of methoxy groups -OCH3 is 1. The second kappa shape index (κ2) is 5.60. The number of allylic oxidation sites excluding steroid dienone is 1. The molecule has 0 aromatic heterocycles. The van der Waals surface area contributed by atoms with Gasteiger partial charge in [0.1, 0.15) is 0 Å². The highest BCUT2D eigenvalue weighted by atomic mass is 16.5. The molecule has 1 amide bonds. The number of carbonyl (C=O) groups is 1. The van der Waals surface area contributed by atoms with Gasteiger partial charge >= 0.3 is 0 Å². The number of nitrogens with zero attached hydrogens (tertiary/aromatic N) is 1. The first-order valence-corrected chi connectivity index (χ1v) is 3.79. The lowest BCUT2D eigenvalue weighted by Crippen LogP contribution is -2.30. The Labute approximate surface area is 73.0 Å². The van der Waals surface area contributed by atoms with E-state index < -0.39 is 5.91 Å². The largest absolute Gasteiger partial charge is 0.383 e. The fourth-order valence-electron chi connectivity index (χ4n) is 0.899. The molecule has 0 aliphatic rings. The molecule has 0 fully saturated rings. The normalized spacial score (nSPS) is 11.4. The summed E-state index contributed by atoms with van der Waals surface area (Å²) in [7, 11) is 3.42. The van der Waals surface area contributed by atoms with Crippen molar-refractivity contribution in [2.24, 2.45) is 5.73 Å². The Balaban J connectivity index is 4.05. The van der Waals surface area contributed by atoms with E-state index in [4.69, 9.17) is 10.5 Å². The number of ether oxygens (including phenoxy) is 1. The first-order chi connectivity index (χ1) is 5.63. The molecule has 2 N–H and O–H groups in total. The Morgan fingerprint density at radius 1 is 1.67 bits per heavy atom. The lowest BCUT2D eigenvalue weighted by atomic mass is 10.3. The lowest BCUT2D eigenvalue weighted by Gasteiger charge is -2.19. The Morgan fingerprint density at radius 2 is 2.25 bits per heavy atom. The van der Waals surface area contributed by atoms with Gasteiger partial charge in [-0.1, -0.05) is 6.08 Å². The summed E-state index contributed by atoms with van der Waals surface area (Å²) in [6.07, 6.45) is 1.69. The number of rotatable bonds is 5. The first kappa shape index (κ1) is 11.0. The Hall–Kier alpha value is -1.03. The van der Waals surface area contributed by atoms with E-state index in [9.17, 15) is 4.79 Å². The lowest BCUT2D eigenvalue weighted by molar-refractivity contribution is -0.116. The van der Waals surface area contributed by atoms with Crippen LogP contribution in [0.3, 0.4) is 0 Å². The van der Waals surface area contributed by atoms with Gasteiger partial charge in [0.05, 0.1) is 12.3 Å². The molecule has 0 unspecified atom stereocenters. The molecule has 0 saturated heterocycles. The van der Waals surface area contributed by atoms with Crippen LogP contribution in [0.25, 0.3) is 0 Å². The maximum Gasteiger partial charge on any atom is 0.264 e. The monoisotopic (exact) mass is 172 g/mol. The third-order valence-corrected chi connectivity index (χ3v) is 1.57. The Bertz CT molecular complexity index is 178. The van der Waals surface area contributed by atoms with E-state index >= 15 is 0 Å². The third-order valence-electron chi connectivity index (χ3n) is 1.57. The second-order valence-corrected chi connectivity index (χ2v) is 2.45. The van der Waals surface area contributed by atoms with Crippen LogP contribution in [0.4, 0.5) is 0 Å². The Morgan fingerprint density at radius 3 is 2.58 bits per heavy atom. The van der Waals surface area contributed by atoms with Crippen LogP contribution in [0.5, 0.6) is 0 Å². The predicted octanol–water partition coefficient (Wildman–Crippen LogP) is -0.0463. The van der Waals surface area contributed by atoms with Crippen LogP contribution in [0.2, 0.25) is 0 Å². The fourth-order valence-corrected chi connectivity index (χ4v) is 0.899. The summed E-state index contributed by atoms with van der Waals surface area (Å²) in [5.41, 5.74) is 5.65. The molecule has 70 valence electrons. The second-order valence-electron chi connectivity index (χ2n) is 2.45. The van der Waals surface area contributed by atoms with Gasteiger partial charge in [-0.15, -0.1) is 0 Å². The van der Waals surface area contributed by atoms with Crippen molar-refractivity contribution in [3.05, 3.63) is 11.8 Å². The van der Waals surface area contributed by atoms with E-state index in [-0.39, 0.29) is 0 Å². The molecule has 12 heavy (non-hydrogen) atoms. The zero-order valence-electron chi connectivity index (χ0n) is 7.83. The minimum absolute atomic E-state index is 0.406. The average Bonchev–Trinajstić information content (AvgIpc) is 2.01. The highest BCUT2D eigenvalue weighted by Gasteiger charge is 2.07. The highest BCUT2D eigenvalue weighted by Crippen LogP contribution is 1.98. The van der Waals surface area contributed by atoms with E-state index in [0.717, 1.165) is 0 Å². The van der Waals surface area contributed by atoms with Crippen LogP contribution in [0, 0.1) is 0 Å². The third kappa shape index (κ3) is 3.39. The summed E-state index contributed by atoms with van der Waals surface area (Å²) < 4.78 is 4.87. The molecule has 0 atom stereocenters. The summed E-state index contributed by atoms with van der Waals surface area (Å²) in [5.74, 6) is -0.406. The molecule has 0 heterocycles. The van der Waals surface area contributed by atoms with E-state index in [1.807, 2.05) is 0 Å². The Kier molecular flexibility index (Phi) is 5.12. The summed E-state index contributed by atoms with van der Waals surface area (Å²) in [5, 5.41) is 0. The summed E-state index contributed by atoms with van der Waals surface area (Å²) in [6, 6.07) is 0. The van der Waals surface area contributed by atoms with E-state index in [1.165, 1.54) is 0 Å². The van der Waals surface area contributed by atoms with Crippen LogP contribution < -0.4 is 5.73 Å². The molecule has 4 heteroatoms. The van der Waals surface area contributed by atoms with Crippen molar-refractivity contribution in [1.82, 2.24) is 4.90 Å². The zero-order valence-corrected chi connectivity index (χ0v) is 7.83. The molecule has 0 saturated carbocycles. The van der Waals surface area contributed by atoms with E-state index in [2.05, 4.69) is 0 Å². The summed E-state index contributed by atoms with van der Waals surface area (Å²) in [4.78, 5) is 12.6. The number of carbonyl (C=O) groups excluding carboxylic acids is 1. The smallest absolute Gasteiger partial charge is 0.264 e. The number of likely N-dealkylation sites (N-methyl/N-ethyl adjacent to an activating group) is 1. The van der Waals surface area contributed by atoms with Crippen molar-refractivity contribution in [3.8, 4) is 0 Å². The quantitative estimate of drug-likeness (QED) is 0.592. The summed E-state index contributed by atoms with van der Waals surface area (Å²) in [6.45, 7) is 3.03. The van der Waals surface area contributed by atoms with Crippen LogP contribution in [0.15, 0.2) is 11.8 Å². The molecule has 0 aromatic carbocycles. The van der Waals surface area contributed by atoms with Gasteiger partial charge in [-0.3, -0.25) is 4.79 Å². The van der Waals surface area contributed by atoms with Crippen molar-refractivity contribution in [2.45, 2.75) is 6.92 Å². The van der Waals surface area contributed by atoms with E-state index in [0.29, 0.717) is 18.8 Å². The van der Waals surface area contributed by atoms with Gasteiger partial charge in [-0.05, 0) is 6.92 Å². The molecule has 0 rings (SSSR count). The first-order valence-electron chi connectivity index (χ1n) is 3.79. The van der Waals surface area contributed by atoms with Gasteiger partial charge in [0, 0.05) is 20.7 Å². The summed E-state index contributed by atoms with van der Waals surface area (Å²) >= 11 is 0. The zero-order chi connectivity index (χ0) is 9.56. The van der Waals surface area contributed by atoms with Crippen LogP contribution in [0.1, 0.15) is 6.92 Å². The number of primary amides is 1. The topological polar surface area (TPSA) is 55.6 Å². The molecular weight excluding hydrogens is 156 g/mol. The SMILES string of the molecule is CC=C(C(N)=O)N(C)CCOC. The molecule has 0 aromatic rings. The maximum absolute atomic E-state index is 10.8. The average molecular weight is 172 g/mol. The van der Waals surface area contributed by atoms with Crippen LogP contribution >= 0.6 is 0 Å². The highest BCUT2D eigenvalue weighted by molar-refractivity contribution is 5.91. The van der Waals surface area contributed by atoms with Gasteiger partial charge in [-0.2, -0.15) is 0 Å². The van der Waals surface area contributed by atoms with Gasteiger partial charge < -0.3 is 15.4 Å². The molecule has 0 bridgehead atoms. The van der Waals surface area contributed by atoms with Gasteiger partial charge in [-0.25, -0.2) is 0 Å². The van der Waals surface area contributed by atoms with Gasteiger partial charge in [0.15, 0.2) is 0 Å². The van der Waals surface area contributed by atoms with E-state index in [1.54, 1.807) is 32.1 Å². The van der Waals surface area contributed by atoms with Crippen molar-refractivity contribution >= 4 is 5.91 Å². The van der Waals surface area contributed by atoms with Gasteiger partial charge in [0.2, 0.25) is 0 Å². The van der Waals surface area contributed by atoms with Gasteiger partial charge in [0.25, 0.3) is 5.91 Å². The van der Waals surface area contributed by atoms with Crippen molar-refractivity contribution in [2.75, 3.05) is 27.3 Å². The number of hydrogen-bond donors (Lipinski definition) is 1. The predicted molar refractivity (Wildman–Crippen MR) is 47.5 cm³/mol. The number of nitrogens with two attached hydrogens (primary N) is 1. The molecular formula is C8H16N2O2. The fraction of sp³-hybridized carbons (Fsp3) is 0.625. The van der Waals surface area contributed by atoms with Crippen LogP contribution in [-0.2, 0) is 9.53 Å². The molecule has 0 aliphatic carbocycles. The number of amides is 1. The van der Waals surface area contributed by atoms with Crippen molar-refractivity contribution in [3.63, 3.8) is 0 Å². The molecule has 0 radical (unpaired) electrons. The number of hydrogen-bond acceptors (Lipinski definition) is 3. The standard InChI is InChI=1S/C8H16N2O2/c1-4-7(8(9)11)10(2)5-6-12-3/h4H,5-6H2,1-3H3,(H2,9,11). The van der Waals surface area contributed by atoms with Crippen molar-refractivity contribution < 1.29 is 9.53 Å².